The summed E-state index contributed by atoms with van der Waals surface area (Å²) in [5.41, 5.74) is 1.30. The summed E-state index contributed by atoms with van der Waals surface area (Å²) in [6.07, 6.45) is 0. The first kappa shape index (κ1) is 13.3. The minimum atomic E-state index is -0.238. The van der Waals surface area contributed by atoms with Crippen molar-refractivity contribution in [2.24, 2.45) is 0 Å². The molecule has 0 unspecified atom stereocenters. The van der Waals surface area contributed by atoms with E-state index in [0.717, 1.165) is 5.56 Å². The van der Waals surface area contributed by atoms with Crippen LogP contribution in [0.25, 0.3) is 0 Å². The van der Waals surface area contributed by atoms with E-state index in [1.54, 1.807) is 19.2 Å². The van der Waals surface area contributed by atoms with Crippen molar-refractivity contribution in [2.75, 3.05) is 27.4 Å². The number of hydrogen-bond donors (Lipinski definition) is 2. The van der Waals surface area contributed by atoms with Crippen molar-refractivity contribution < 1.29 is 19.4 Å². The third-order valence-corrected chi connectivity index (χ3v) is 2.37. The van der Waals surface area contributed by atoms with Gasteiger partial charge in [-0.3, -0.25) is 4.79 Å². The lowest BCUT2D eigenvalue weighted by molar-refractivity contribution is 0.0943. The molecule has 0 aliphatic rings. The van der Waals surface area contributed by atoms with Crippen LogP contribution in [-0.4, -0.2) is 38.4 Å². The lowest BCUT2D eigenvalue weighted by atomic mass is 10.1. The highest BCUT2D eigenvalue weighted by Gasteiger charge is 2.13. The fourth-order valence-corrected chi connectivity index (χ4v) is 1.49. The lowest BCUT2D eigenvalue weighted by Gasteiger charge is -2.12. The second-order valence-corrected chi connectivity index (χ2v) is 3.50. The molecule has 5 heteroatoms. The Kier molecular flexibility index (Phi) is 4.78. The van der Waals surface area contributed by atoms with Gasteiger partial charge in [0.25, 0.3) is 5.91 Å². The van der Waals surface area contributed by atoms with Crippen molar-refractivity contribution in [3.8, 4) is 11.5 Å². The smallest absolute Gasteiger partial charge is 0.251 e. The van der Waals surface area contributed by atoms with Gasteiger partial charge in [0.2, 0.25) is 0 Å². The van der Waals surface area contributed by atoms with Crippen LogP contribution in [0.1, 0.15) is 15.9 Å². The van der Waals surface area contributed by atoms with Gasteiger partial charge in [-0.2, -0.15) is 0 Å². The molecule has 0 fully saturated rings. The molecule has 17 heavy (non-hydrogen) atoms. The van der Waals surface area contributed by atoms with Gasteiger partial charge >= 0.3 is 0 Å². The van der Waals surface area contributed by atoms with E-state index >= 15 is 0 Å². The van der Waals surface area contributed by atoms with Gasteiger partial charge in [-0.1, -0.05) is 0 Å². The van der Waals surface area contributed by atoms with Crippen molar-refractivity contribution in [2.45, 2.75) is 6.92 Å². The van der Waals surface area contributed by atoms with E-state index in [-0.39, 0.29) is 19.1 Å². The van der Waals surface area contributed by atoms with Crippen LogP contribution in [0.15, 0.2) is 12.1 Å². The van der Waals surface area contributed by atoms with Crippen LogP contribution in [0.5, 0.6) is 11.5 Å². The summed E-state index contributed by atoms with van der Waals surface area (Å²) in [4.78, 5) is 11.8. The largest absolute Gasteiger partial charge is 0.493 e. The van der Waals surface area contributed by atoms with Crippen LogP contribution in [0.4, 0.5) is 0 Å². The fraction of sp³-hybridized carbons (Fsp3) is 0.417. The third-order valence-electron chi connectivity index (χ3n) is 2.37. The number of amides is 1. The molecule has 0 bridgehead atoms. The Morgan fingerprint density at radius 3 is 2.41 bits per heavy atom. The first-order valence-corrected chi connectivity index (χ1v) is 5.25. The first-order valence-electron chi connectivity index (χ1n) is 5.25. The summed E-state index contributed by atoms with van der Waals surface area (Å²) in [7, 11) is 3.06. The van der Waals surface area contributed by atoms with Gasteiger partial charge < -0.3 is 19.9 Å². The van der Waals surface area contributed by atoms with E-state index in [1.165, 1.54) is 7.11 Å². The van der Waals surface area contributed by atoms with Crippen molar-refractivity contribution >= 4 is 5.91 Å². The standard InChI is InChI=1S/C12H17NO4/c1-8-6-10(16-2)11(17-3)7-9(8)12(15)13-4-5-14/h6-7,14H,4-5H2,1-3H3,(H,13,15). The number of methoxy groups -OCH3 is 2. The molecule has 0 saturated heterocycles. The molecule has 1 aromatic carbocycles. The molecule has 0 aliphatic heterocycles. The Hall–Kier alpha value is -1.75. The minimum Gasteiger partial charge on any atom is -0.493 e. The number of aliphatic hydroxyl groups is 1. The highest BCUT2D eigenvalue weighted by atomic mass is 16.5. The minimum absolute atomic E-state index is 0.0852. The van der Waals surface area contributed by atoms with Crippen molar-refractivity contribution in [1.29, 1.82) is 0 Å². The first-order chi connectivity index (χ1) is 8.13. The monoisotopic (exact) mass is 239 g/mol. The maximum atomic E-state index is 11.8. The van der Waals surface area contributed by atoms with Crippen LogP contribution in [0.3, 0.4) is 0 Å². The average molecular weight is 239 g/mol. The number of carbonyl (C=O) groups excluding carboxylic acids is 1. The second-order valence-electron chi connectivity index (χ2n) is 3.50. The molecule has 2 N–H and O–H groups in total. The van der Waals surface area contributed by atoms with E-state index in [0.29, 0.717) is 17.1 Å². The van der Waals surface area contributed by atoms with Crippen LogP contribution in [0, 0.1) is 6.92 Å². The van der Waals surface area contributed by atoms with Gasteiger partial charge in [-0.25, -0.2) is 0 Å². The predicted molar refractivity (Wildman–Crippen MR) is 63.7 cm³/mol. The van der Waals surface area contributed by atoms with Gasteiger partial charge in [-0.15, -0.1) is 0 Å². The van der Waals surface area contributed by atoms with Crippen molar-refractivity contribution in [3.05, 3.63) is 23.3 Å². The lowest BCUT2D eigenvalue weighted by Crippen LogP contribution is -2.27. The Morgan fingerprint density at radius 1 is 1.29 bits per heavy atom. The Labute approximate surface area is 100 Å². The second kappa shape index (κ2) is 6.10. The van der Waals surface area contributed by atoms with Crippen LogP contribution >= 0.6 is 0 Å². The van der Waals surface area contributed by atoms with Crippen molar-refractivity contribution in [1.82, 2.24) is 5.32 Å². The molecule has 0 aliphatic carbocycles. The van der Waals surface area contributed by atoms with Crippen LogP contribution < -0.4 is 14.8 Å². The van der Waals surface area contributed by atoms with E-state index in [2.05, 4.69) is 5.32 Å². The molecular weight excluding hydrogens is 222 g/mol. The highest BCUT2D eigenvalue weighted by molar-refractivity contribution is 5.96. The zero-order valence-corrected chi connectivity index (χ0v) is 10.2. The van der Waals surface area contributed by atoms with E-state index in [4.69, 9.17) is 14.6 Å². The highest BCUT2D eigenvalue weighted by Crippen LogP contribution is 2.30. The summed E-state index contributed by atoms with van der Waals surface area (Å²) in [5, 5.41) is 11.2. The predicted octanol–water partition coefficient (Wildman–Crippen LogP) is 0.734. The molecular formula is C12H17NO4. The number of benzene rings is 1. The molecule has 0 atom stereocenters. The topological polar surface area (TPSA) is 67.8 Å². The summed E-state index contributed by atoms with van der Waals surface area (Å²) < 4.78 is 10.3. The fourth-order valence-electron chi connectivity index (χ4n) is 1.49. The molecule has 1 aromatic rings. The molecule has 1 rings (SSSR count). The van der Waals surface area contributed by atoms with Crippen LogP contribution in [0.2, 0.25) is 0 Å². The Balaban J connectivity index is 3.03. The maximum Gasteiger partial charge on any atom is 0.251 e. The zero-order chi connectivity index (χ0) is 12.8. The summed E-state index contributed by atoms with van der Waals surface area (Å²) in [6, 6.07) is 3.37. The van der Waals surface area contributed by atoms with Gasteiger partial charge in [-0.05, 0) is 24.6 Å². The number of rotatable bonds is 5. The zero-order valence-electron chi connectivity index (χ0n) is 10.2. The number of ether oxygens (including phenoxy) is 2. The van der Waals surface area contributed by atoms with E-state index in [9.17, 15) is 4.79 Å². The van der Waals surface area contributed by atoms with E-state index in [1.807, 2.05) is 6.92 Å². The van der Waals surface area contributed by atoms with Gasteiger partial charge in [0.15, 0.2) is 11.5 Å². The molecule has 0 aromatic heterocycles. The Morgan fingerprint density at radius 2 is 1.88 bits per heavy atom. The molecule has 0 spiro atoms. The quantitative estimate of drug-likeness (QED) is 0.795. The molecule has 5 nitrogen and oxygen atoms in total. The van der Waals surface area contributed by atoms with Gasteiger partial charge in [0, 0.05) is 12.1 Å². The molecule has 0 saturated carbocycles. The molecule has 1 amide bonds. The number of carbonyl (C=O) groups is 1. The molecule has 0 heterocycles. The number of aliphatic hydroxyl groups excluding tert-OH is 1. The molecule has 94 valence electrons. The van der Waals surface area contributed by atoms with E-state index < -0.39 is 0 Å². The number of hydrogen-bond acceptors (Lipinski definition) is 4. The van der Waals surface area contributed by atoms with Crippen molar-refractivity contribution in [3.63, 3.8) is 0 Å². The SMILES string of the molecule is COc1cc(C)c(C(=O)NCCO)cc1OC. The third kappa shape index (κ3) is 3.10. The number of aryl methyl sites for hydroxylation is 1. The normalized spacial score (nSPS) is 9.88. The molecule has 0 radical (unpaired) electrons. The summed E-state index contributed by atoms with van der Waals surface area (Å²) >= 11 is 0. The van der Waals surface area contributed by atoms with Gasteiger partial charge in [0.05, 0.1) is 20.8 Å². The maximum absolute atomic E-state index is 11.8. The number of nitrogens with one attached hydrogen (secondary N) is 1. The van der Waals surface area contributed by atoms with Gasteiger partial charge in [0.1, 0.15) is 0 Å². The summed E-state index contributed by atoms with van der Waals surface area (Å²) in [6.45, 7) is 1.96. The van der Waals surface area contributed by atoms with Crippen LogP contribution in [-0.2, 0) is 0 Å². The Bertz CT molecular complexity index is 404. The summed E-state index contributed by atoms with van der Waals surface area (Å²) in [5.74, 6) is 0.855. The average Bonchev–Trinajstić information content (AvgIpc) is 2.35.